The Morgan fingerprint density at radius 1 is 0.923 bits per heavy atom. The molecule has 0 radical (unpaired) electrons. The quantitative estimate of drug-likeness (QED) is 0.712. The largest absolute Gasteiger partial charge is 0.462 e. The molecule has 134 valence electrons. The molecule has 2 aromatic rings. The molecule has 2 heterocycles. The predicted octanol–water partition coefficient (Wildman–Crippen LogP) is 4.19. The molecule has 0 aromatic carbocycles. The highest BCUT2D eigenvalue weighted by molar-refractivity contribution is 7.24. The molecule has 0 aliphatic heterocycles. The van der Waals surface area contributed by atoms with Gasteiger partial charge in [-0.2, -0.15) is 10.5 Å². The molecule has 0 N–H and O–H groups in total. The molecule has 0 spiro atoms. The predicted molar refractivity (Wildman–Crippen MR) is 98.4 cm³/mol. The summed E-state index contributed by atoms with van der Waals surface area (Å²) in [6.07, 6.45) is 0. The molecule has 0 bridgehead atoms. The van der Waals surface area contributed by atoms with Crippen molar-refractivity contribution in [1.29, 1.82) is 10.5 Å². The second-order valence-corrected chi connectivity index (χ2v) is 7.23. The minimum Gasteiger partial charge on any atom is -0.462 e. The number of carbonyl (C=O) groups excluding carboxylic acids is 2. The van der Waals surface area contributed by atoms with E-state index in [0.717, 1.165) is 22.7 Å². The van der Waals surface area contributed by atoms with Gasteiger partial charge in [0.05, 0.1) is 34.1 Å². The molecular formula is C18H16N2O4S2. The van der Waals surface area contributed by atoms with E-state index in [-0.39, 0.29) is 18.8 Å². The Kier molecular flexibility index (Phi) is 6.14. The fourth-order valence-electron chi connectivity index (χ4n) is 2.43. The maximum Gasteiger partial charge on any atom is 0.348 e. The summed E-state index contributed by atoms with van der Waals surface area (Å²) in [6.45, 7) is 7.11. The Balaban J connectivity index is 2.78. The van der Waals surface area contributed by atoms with Crippen molar-refractivity contribution in [3.8, 4) is 21.9 Å². The van der Waals surface area contributed by atoms with E-state index in [9.17, 15) is 20.1 Å². The van der Waals surface area contributed by atoms with Crippen molar-refractivity contribution in [1.82, 2.24) is 0 Å². The van der Waals surface area contributed by atoms with E-state index in [2.05, 4.69) is 12.1 Å². The SMILES string of the molecule is CCOC(=O)c1sc(-c2sc(C#N)c(C)c2C#N)c(C(=O)OCC)c1C. The molecule has 2 aromatic heterocycles. The van der Waals surface area contributed by atoms with Crippen LogP contribution in [-0.2, 0) is 9.47 Å². The standard InChI is InChI=1S/C18H16N2O4S2/c1-5-23-17(21)13-10(4)14(18(22)24-6-2)26-16(13)15-11(7-19)9(3)12(8-20)25-15/h5-6H2,1-4H3. The lowest BCUT2D eigenvalue weighted by molar-refractivity contribution is 0.0527. The average Bonchev–Trinajstić information content (AvgIpc) is 3.11. The number of hydrogen-bond acceptors (Lipinski definition) is 8. The fraction of sp³-hybridized carbons (Fsp3) is 0.333. The van der Waals surface area contributed by atoms with Crippen LogP contribution in [0.1, 0.15) is 55.4 Å². The topological polar surface area (TPSA) is 100 Å². The number of ether oxygens (including phenoxy) is 2. The van der Waals surface area contributed by atoms with Gasteiger partial charge in [-0.15, -0.1) is 22.7 Å². The van der Waals surface area contributed by atoms with Crippen molar-refractivity contribution in [2.75, 3.05) is 13.2 Å². The van der Waals surface area contributed by atoms with Gasteiger partial charge >= 0.3 is 11.9 Å². The van der Waals surface area contributed by atoms with Crippen LogP contribution in [0.25, 0.3) is 9.75 Å². The van der Waals surface area contributed by atoms with Crippen LogP contribution in [0, 0.1) is 36.5 Å². The lowest BCUT2D eigenvalue weighted by Crippen LogP contribution is -2.08. The van der Waals surface area contributed by atoms with E-state index in [0.29, 0.717) is 36.2 Å². The summed E-state index contributed by atoms with van der Waals surface area (Å²) in [5, 5.41) is 18.8. The molecule has 0 saturated heterocycles. The summed E-state index contributed by atoms with van der Waals surface area (Å²) in [4.78, 5) is 26.4. The first kappa shape index (κ1) is 19.6. The second kappa shape index (κ2) is 8.13. The molecule has 0 unspecified atom stereocenters. The van der Waals surface area contributed by atoms with Crippen molar-refractivity contribution >= 4 is 34.6 Å². The monoisotopic (exact) mass is 388 g/mol. The van der Waals surface area contributed by atoms with Gasteiger partial charge in [-0.3, -0.25) is 0 Å². The highest BCUT2D eigenvalue weighted by Crippen LogP contribution is 2.44. The van der Waals surface area contributed by atoms with Crippen LogP contribution in [0.15, 0.2) is 0 Å². The number of rotatable bonds is 5. The van der Waals surface area contributed by atoms with Crippen LogP contribution < -0.4 is 0 Å². The number of carbonyl (C=O) groups is 2. The third kappa shape index (κ3) is 3.34. The average molecular weight is 388 g/mol. The van der Waals surface area contributed by atoms with Gasteiger partial charge in [0.25, 0.3) is 0 Å². The molecule has 26 heavy (non-hydrogen) atoms. The summed E-state index contributed by atoms with van der Waals surface area (Å²) < 4.78 is 10.2. The first-order valence-corrected chi connectivity index (χ1v) is 9.45. The molecule has 0 aliphatic carbocycles. The van der Waals surface area contributed by atoms with Gasteiger partial charge in [0.2, 0.25) is 0 Å². The molecule has 0 atom stereocenters. The lowest BCUT2D eigenvalue weighted by Gasteiger charge is -2.04. The van der Waals surface area contributed by atoms with Crippen molar-refractivity contribution in [2.45, 2.75) is 27.7 Å². The van der Waals surface area contributed by atoms with Gasteiger partial charge in [0, 0.05) is 0 Å². The minimum atomic E-state index is -0.569. The molecule has 0 aliphatic rings. The van der Waals surface area contributed by atoms with Crippen LogP contribution in [-0.4, -0.2) is 25.2 Å². The molecule has 2 rings (SSSR count). The zero-order chi connectivity index (χ0) is 19.4. The van der Waals surface area contributed by atoms with Crippen LogP contribution in [0.4, 0.5) is 0 Å². The van der Waals surface area contributed by atoms with Crippen LogP contribution >= 0.6 is 22.7 Å². The van der Waals surface area contributed by atoms with Gasteiger partial charge < -0.3 is 9.47 Å². The van der Waals surface area contributed by atoms with Crippen LogP contribution in [0.5, 0.6) is 0 Å². The number of thiophene rings is 2. The Morgan fingerprint density at radius 2 is 1.54 bits per heavy atom. The second-order valence-electron chi connectivity index (χ2n) is 5.19. The summed E-state index contributed by atoms with van der Waals surface area (Å²) in [5.41, 5.74) is 1.58. The number of nitrogens with zero attached hydrogens (tertiary/aromatic N) is 2. The maximum absolute atomic E-state index is 12.5. The van der Waals surface area contributed by atoms with Crippen molar-refractivity contribution in [3.63, 3.8) is 0 Å². The molecule has 0 amide bonds. The zero-order valence-corrected chi connectivity index (χ0v) is 16.4. The molecule has 8 heteroatoms. The smallest absolute Gasteiger partial charge is 0.348 e. The summed E-state index contributed by atoms with van der Waals surface area (Å²) in [6, 6.07) is 4.16. The number of esters is 2. The number of hydrogen-bond donors (Lipinski definition) is 0. The van der Waals surface area contributed by atoms with E-state index in [4.69, 9.17) is 9.47 Å². The van der Waals surface area contributed by atoms with Crippen molar-refractivity contribution in [3.05, 3.63) is 32.0 Å². The third-order valence-corrected chi connectivity index (χ3v) is 6.29. The van der Waals surface area contributed by atoms with Gasteiger partial charge in [0.15, 0.2) is 0 Å². The highest BCUT2D eigenvalue weighted by Gasteiger charge is 2.30. The molecule has 0 saturated carbocycles. The Hall–Kier alpha value is -2.68. The van der Waals surface area contributed by atoms with Gasteiger partial charge in [-0.05, 0) is 38.8 Å². The molecular weight excluding hydrogens is 372 g/mol. The first-order valence-electron chi connectivity index (χ1n) is 7.82. The molecule has 0 fully saturated rings. The number of nitriles is 2. The third-order valence-electron chi connectivity index (χ3n) is 3.65. The highest BCUT2D eigenvalue weighted by atomic mass is 32.1. The van der Waals surface area contributed by atoms with Crippen LogP contribution in [0.2, 0.25) is 0 Å². The summed E-state index contributed by atoms with van der Waals surface area (Å²) >= 11 is 2.21. The van der Waals surface area contributed by atoms with E-state index in [1.54, 1.807) is 27.7 Å². The van der Waals surface area contributed by atoms with E-state index < -0.39 is 11.9 Å². The normalized spacial score (nSPS) is 10.1. The van der Waals surface area contributed by atoms with Gasteiger partial charge in [0.1, 0.15) is 21.9 Å². The Bertz CT molecular complexity index is 957. The van der Waals surface area contributed by atoms with E-state index >= 15 is 0 Å². The Labute approximate surface area is 159 Å². The van der Waals surface area contributed by atoms with Crippen LogP contribution in [0.3, 0.4) is 0 Å². The summed E-state index contributed by atoms with van der Waals surface area (Å²) in [5.74, 6) is -1.10. The zero-order valence-electron chi connectivity index (χ0n) is 14.8. The van der Waals surface area contributed by atoms with E-state index in [1.165, 1.54) is 0 Å². The fourth-order valence-corrected chi connectivity index (χ4v) is 4.81. The van der Waals surface area contributed by atoms with Gasteiger partial charge in [-0.1, -0.05) is 0 Å². The summed E-state index contributed by atoms with van der Waals surface area (Å²) in [7, 11) is 0. The Morgan fingerprint density at radius 3 is 2.08 bits per heavy atom. The van der Waals surface area contributed by atoms with E-state index in [1.807, 2.05) is 0 Å². The van der Waals surface area contributed by atoms with Crippen molar-refractivity contribution in [2.24, 2.45) is 0 Å². The van der Waals surface area contributed by atoms with Gasteiger partial charge in [-0.25, -0.2) is 9.59 Å². The lowest BCUT2D eigenvalue weighted by atomic mass is 10.1. The minimum absolute atomic E-state index is 0.181. The maximum atomic E-state index is 12.5. The molecule has 6 nitrogen and oxygen atoms in total. The first-order chi connectivity index (χ1) is 12.4. The van der Waals surface area contributed by atoms with Crippen molar-refractivity contribution < 1.29 is 19.1 Å².